The summed E-state index contributed by atoms with van der Waals surface area (Å²) in [5.74, 6) is 0.360. The predicted octanol–water partition coefficient (Wildman–Crippen LogP) is 3.59. The Morgan fingerprint density at radius 3 is 2.39 bits per heavy atom. The summed E-state index contributed by atoms with van der Waals surface area (Å²) < 4.78 is 0. The maximum absolute atomic E-state index is 9.27. The van der Waals surface area contributed by atoms with Crippen molar-refractivity contribution in [2.75, 3.05) is 13.1 Å². The van der Waals surface area contributed by atoms with E-state index in [0.717, 1.165) is 25.6 Å². The molecule has 1 N–H and O–H groups in total. The van der Waals surface area contributed by atoms with Gasteiger partial charge in [0.25, 0.3) is 0 Å². The topological polar surface area (TPSA) is 23.5 Å². The van der Waals surface area contributed by atoms with Crippen molar-refractivity contribution in [3.8, 4) is 5.75 Å². The van der Waals surface area contributed by atoms with Crippen LogP contribution in [0, 0.1) is 0 Å². The lowest BCUT2D eigenvalue weighted by Gasteiger charge is -2.33. The fraction of sp³-hybridized carbons (Fsp3) is 0.625. The number of hydrogen-bond acceptors (Lipinski definition) is 2. The van der Waals surface area contributed by atoms with E-state index < -0.39 is 0 Å². The first-order chi connectivity index (χ1) is 8.79. The zero-order valence-corrected chi connectivity index (χ0v) is 11.4. The van der Waals surface area contributed by atoms with E-state index in [2.05, 4.69) is 11.8 Å². The van der Waals surface area contributed by atoms with Gasteiger partial charge in [0.2, 0.25) is 0 Å². The molecule has 2 rings (SSSR count). The highest BCUT2D eigenvalue weighted by Crippen LogP contribution is 2.22. The monoisotopic (exact) mass is 247 g/mol. The van der Waals surface area contributed by atoms with Gasteiger partial charge in [0, 0.05) is 12.6 Å². The second kappa shape index (κ2) is 6.79. The van der Waals surface area contributed by atoms with Gasteiger partial charge in [-0.25, -0.2) is 0 Å². The predicted molar refractivity (Wildman–Crippen MR) is 75.9 cm³/mol. The summed E-state index contributed by atoms with van der Waals surface area (Å²) in [6.07, 6.45) is 8.07. The smallest absolute Gasteiger partial charge is 0.115 e. The number of hydrogen-bond donors (Lipinski definition) is 1. The first kappa shape index (κ1) is 13.4. The first-order valence-corrected chi connectivity index (χ1v) is 7.31. The van der Waals surface area contributed by atoms with Crippen LogP contribution in [0.25, 0.3) is 0 Å². The summed E-state index contributed by atoms with van der Waals surface area (Å²) in [5, 5.41) is 9.27. The standard InChI is InChI=1S/C16H25NO/c1-2-17(15-6-4-3-5-7-15)13-12-14-8-10-16(18)11-9-14/h8-11,15,18H,2-7,12-13H2,1H3. The summed E-state index contributed by atoms with van der Waals surface area (Å²) in [5.41, 5.74) is 1.32. The van der Waals surface area contributed by atoms with Gasteiger partial charge < -0.3 is 10.0 Å². The van der Waals surface area contributed by atoms with E-state index in [9.17, 15) is 5.11 Å². The molecule has 1 saturated carbocycles. The quantitative estimate of drug-likeness (QED) is 0.859. The number of phenols is 1. The molecule has 2 nitrogen and oxygen atoms in total. The van der Waals surface area contributed by atoms with E-state index >= 15 is 0 Å². The van der Waals surface area contributed by atoms with Crippen molar-refractivity contribution in [3.05, 3.63) is 29.8 Å². The van der Waals surface area contributed by atoms with E-state index in [1.807, 2.05) is 12.1 Å². The number of nitrogens with zero attached hydrogens (tertiary/aromatic N) is 1. The van der Waals surface area contributed by atoms with Crippen LogP contribution in [0.2, 0.25) is 0 Å². The van der Waals surface area contributed by atoms with Gasteiger partial charge in [-0.15, -0.1) is 0 Å². The summed E-state index contributed by atoms with van der Waals surface area (Å²) in [6, 6.07) is 8.44. The zero-order chi connectivity index (χ0) is 12.8. The number of rotatable bonds is 5. The van der Waals surface area contributed by atoms with E-state index in [1.54, 1.807) is 12.1 Å². The van der Waals surface area contributed by atoms with E-state index in [-0.39, 0.29) is 0 Å². The fourth-order valence-corrected chi connectivity index (χ4v) is 2.98. The van der Waals surface area contributed by atoms with E-state index in [0.29, 0.717) is 5.75 Å². The average Bonchev–Trinajstić information content (AvgIpc) is 2.43. The molecule has 100 valence electrons. The molecule has 0 radical (unpaired) electrons. The number of benzene rings is 1. The fourth-order valence-electron chi connectivity index (χ4n) is 2.98. The Bertz CT molecular complexity index is 341. The maximum Gasteiger partial charge on any atom is 0.115 e. The van der Waals surface area contributed by atoms with Crippen LogP contribution in [0.4, 0.5) is 0 Å². The first-order valence-electron chi connectivity index (χ1n) is 7.31. The van der Waals surface area contributed by atoms with Gasteiger partial charge >= 0.3 is 0 Å². The Morgan fingerprint density at radius 1 is 1.11 bits per heavy atom. The second-order valence-electron chi connectivity index (χ2n) is 5.34. The Labute approximate surface area is 111 Å². The third-order valence-electron chi connectivity index (χ3n) is 4.12. The molecule has 0 saturated heterocycles. The maximum atomic E-state index is 9.27. The summed E-state index contributed by atoms with van der Waals surface area (Å²) >= 11 is 0. The summed E-state index contributed by atoms with van der Waals surface area (Å²) in [4.78, 5) is 2.63. The van der Waals surface area contributed by atoms with Gasteiger partial charge in [-0.1, -0.05) is 38.3 Å². The molecule has 0 aliphatic heterocycles. The third kappa shape index (κ3) is 3.74. The van der Waals surface area contributed by atoms with E-state index in [1.165, 1.54) is 37.7 Å². The second-order valence-corrected chi connectivity index (χ2v) is 5.34. The van der Waals surface area contributed by atoms with Gasteiger partial charge in [-0.3, -0.25) is 0 Å². The molecular formula is C16H25NO. The van der Waals surface area contributed by atoms with Crippen molar-refractivity contribution in [2.24, 2.45) is 0 Å². The van der Waals surface area contributed by atoms with Crippen molar-refractivity contribution in [1.29, 1.82) is 0 Å². The molecule has 0 unspecified atom stereocenters. The van der Waals surface area contributed by atoms with Crippen molar-refractivity contribution in [1.82, 2.24) is 4.90 Å². The lowest BCUT2D eigenvalue weighted by Crippen LogP contribution is -2.38. The number of likely N-dealkylation sites (N-methyl/N-ethyl adjacent to an activating group) is 1. The molecule has 1 aromatic carbocycles. The molecule has 0 atom stereocenters. The van der Waals surface area contributed by atoms with Crippen LogP contribution in [0.1, 0.15) is 44.6 Å². The van der Waals surface area contributed by atoms with Gasteiger partial charge in [0.1, 0.15) is 5.75 Å². The van der Waals surface area contributed by atoms with Crippen LogP contribution in [0.5, 0.6) is 5.75 Å². The molecule has 0 aromatic heterocycles. The van der Waals surface area contributed by atoms with Gasteiger partial charge in [-0.05, 0) is 43.5 Å². The van der Waals surface area contributed by atoms with Gasteiger partial charge in [0.15, 0.2) is 0 Å². The van der Waals surface area contributed by atoms with Gasteiger partial charge in [-0.2, -0.15) is 0 Å². The van der Waals surface area contributed by atoms with Crippen LogP contribution < -0.4 is 0 Å². The van der Waals surface area contributed by atoms with Crippen LogP contribution in [-0.2, 0) is 6.42 Å². The van der Waals surface area contributed by atoms with Crippen molar-refractivity contribution in [3.63, 3.8) is 0 Å². The zero-order valence-electron chi connectivity index (χ0n) is 11.4. The molecular weight excluding hydrogens is 222 g/mol. The molecule has 1 aliphatic rings. The summed E-state index contributed by atoms with van der Waals surface area (Å²) in [7, 11) is 0. The molecule has 1 aromatic rings. The number of phenolic OH excluding ortho intramolecular Hbond substituents is 1. The SMILES string of the molecule is CCN(CCc1ccc(O)cc1)C1CCCCC1. The normalized spacial score (nSPS) is 17.2. The molecule has 1 aliphatic carbocycles. The third-order valence-corrected chi connectivity index (χ3v) is 4.12. The Balaban J connectivity index is 1.84. The molecule has 0 bridgehead atoms. The molecule has 0 amide bonds. The minimum absolute atomic E-state index is 0.360. The minimum atomic E-state index is 0.360. The highest BCUT2D eigenvalue weighted by atomic mass is 16.3. The lowest BCUT2D eigenvalue weighted by molar-refractivity contribution is 0.165. The molecule has 2 heteroatoms. The Hall–Kier alpha value is -1.02. The summed E-state index contributed by atoms with van der Waals surface area (Å²) in [6.45, 7) is 4.57. The molecule has 0 heterocycles. The van der Waals surface area contributed by atoms with Crippen LogP contribution in [0.15, 0.2) is 24.3 Å². The van der Waals surface area contributed by atoms with Crippen molar-refractivity contribution >= 4 is 0 Å². The molecule has 1 fully saturated rings. The highest BCUT2D eigenvalue weighted by Gasteiger charge is 2.19. The minimum Gasteiger partial charge on any atom is -0.508 e. The Morgan fingerprint density at radius 2 is 1.78 bits per heavy atom. The van der Waals surface area contributed by atoms with Crippen molar-refractivity contribution < 1.29 is 5.11 Å². The van der Waals surface area contributed by atoms with E-state index in [4.69, 9.17) is 0 Å². The van der Waals surface area contributed by atoms with Crippen molar-refractivity contribution in [2.45, 2.75) is 51.5 Å². The Kier molecular flexibility index (Phi) is 5.06. The highest BCUT2D eigenvalue weighted by molar-refractivity contribution is 5.26. The number of aromatic hydroxyl groups is 1. The molecule has 18 heavy (non-hydrogen) atoms. The van der Waals surface area contributed by atoms with Crippen LogP contribution in [0.3, 0.4) is 0 Å². The van der Waals surface area contributed by atoms with Gasteiger partial charge in [0.05, 0.1) is 0 Å². The lowest BCUT2D eigenvalue weighted by atomic mass is 9.94. The largest absolute Gasteiger partial charge is 0.508 e. The van der Waals surface area contributed by atoms with Crippen LogP contribution >= 0.6 is 0 Å². The average molecular weight is 247 g/mol. The van der Waals surface area contributed by atoms with Crippen LogP contribution in [-0.4, -0.2) is 29.1 Å². The molecule has 0 spiro atoms.